The molecule has 2 amide bonds. The van der Waals surface area contributed by atoms with Gasteiger partial charge in [-0.1, -0.05) is 24.3 Å². The molecule has 1 unspecified atom stereocenters. The van der Waals surface area contributed by atoms with E-state index < -0.39 is 54.8 Å². The van der Waals surface area contributed by atoms with Crippen LogP contribution in [-0.4, -0.2) is 88.8 Å². The number of halogens is 8. The molecule has 10 nitrogen and oxygen atoms in total. The number of amides is 2. The van der Waals surface area contributed by atoms with Crippen molar-refractivity contribution in [3.05, 3.63) is 83.7 Å². The summed E-state index contributed by atoms with van der Waals surface area (Å²) in [4.78, 5) is 15.5. The number of carbonyl (C=O) groups excluding carboxylic acids is 1. The Kier molecular flexibility index (Phi) is 10.6. The van der Waals surface area contributed by atoms with E-state index in [1.807, 2.05) is 4.90 Å². The fraction of sp³-hybridized carbons (Fsp3) is 0.387. The van der Waals surface area contributed by atoms with Crippen molar-refractivity contribution in [2.24, 2.45) is 0 Å². The average Bonchev–Trinajstić information content (AvgIpc) is 3.75. The smallest absolute Gasteiger partial charge is 0.383 e. The van der Waals surface area contributed by atoms with Crippen LogP contribution in [0.4, 0.5) is 45.7 Å². The number of anilines is 1. The van der Waals surface area contributed by atoms with Gasteiger partial charge < -0.3 is 14.8 Å². The number of nitrogens with one attached hydrogen (secondary N) is 2. The molecule has 0 bridgehead atoms. The fourth-order valence-corrected chi connectivity index (χ4v) is 5.58. The highest BCUT2D eigenvalue weighted by atomic mass is 19.4. The lowest BCUT2D eigenvalue weighted by atomic mass is 9.94. The summed E-state index contributed by atoms with van der Waals surface area (Å²) in [6.45, 7) is 1.08. The Labute approximate surface area is 274 Å². The first-order valence-corrected chi connectivity index (χ1v) is 14.8. The molecule has 1 aliphatic rings. The topological polar surface area (TPSA) is 98.5 Å². The van der Waals surface area contributed by atoms with Crippen LogP contribution in [0.5, 0.6) is 0 Å². The van der Waals surface area contributed by atoms with Crippen molar-refractivity contribution < 1.29 is 49.4 Å². The highest BCUT2D eigenvalue weighted by molar-refractivity contribution is 5.91. The zero-order valence-corrected chi connectivity index (χ0v) is 26.0. The molecule has 4 aromatic rings. The molecule has 2 N–H and O–H groups in total. The minimum atomic E-state index is -5.23. The van der Waals surface area contributed by atoms with Crippen LogP contribution in [0.25, 0.3) is 16.9 Å². The van der Waals surface area contributed by atoms with E-state index in [1.54, 1.807) is 44.4 Å². The van der Waals surface area contributed by atoms with Gasteiger partial charge in [-0.25, -0.2) is 22.9 Å². The number of hydrogen-bond acceptors (Lipinski definition) is 6. The molecule has 2 aromatic carbocycles. The monoisotopic (exact) mass is 701 g/mol. The molecule has 0 radical (unpaired) electrons. The third-order valence-corrected chi connectivity index (χ3v) is 7.85. The van der Waals surface area contributed by atoms with E-state index in [-0.39, 0.29) is 21.8 Å². The predicted molar refractivity (Wildman–Crippen MR) is 160 cm³/mol. The minimum absolute atomic E-state index is 0.00322. The Morgan fingerprint density at radius 2 is 1.78 bits per heavy atom. The molecule has 18 heteroatoms. The molecule has 1 saturated heterocycles. The van der Waals surface area contributed by atoms with Gasteiger partial charge in [0.25, 0.3) is 0 Å². The Morgan fingerprint density at radius 3 is 2.43 bits per heavy atom. The van der Waals surface area contributed by atoms with Crippen LogP contribution in [0, 0.1) is 18.6 Å². The maximum Gasteiger partial charge on any atom is 0.435 e. The SMILES string of the molecule is COCCN1C[C@@H](NC(=O)Nc2c(C)c(-c3cnn(C(OCC(F)(F)F)C(F)(F)F)c3)nn2-c2ccccc2)[C@H](c2ccc(F)c(F)c2)C1. The summed E-state index contributed by atoms with van der Waals surface area (Å²) in [7, 11) is 1.54. The van der Waals surface area contributed by atoms with E-state index in [0.717, 1.165) is 24.5 Å². The van der Waals surface area contributed by atoms with Gasteiger partial charge in [0.15, 0.2) is 11.6 Å². The predicted octanol–water partition coefficient (Wildman–Crippen LogP) is 6.20. The second kappa shape index (κ2) is 14.5. The fourth-order valence-electron chi connectivity index (χ4n) is 5.58. The molecule has 0 aliphatic carbocycles. The molecule has 0 spiro atoms. The van der Waals surface area contributed by atoms with Crippen molar-refractivity contribution in [3.8, 4) is 16.9 Å². The zero-order chi connectivity index (χ0) is 35.5. The van der Waals surface area contributed by atoms with Gasteiger partial charge in [-0.05, 0) is 36.8 Å². The van der Waals surface area contributed by atoms with Crippen molar-refractivity contribution in [1.29, 1.82) is 0 Å². The molecule has 1 fully saturated rings. The number of methoxy groups -OCH3 is 1. The number of carbonyl (C=O) groups is 1. The number of nitrogens with zero attached hydrogens (tertiary/aromatic N) is 5. The van der Waals surface area contributed by atoms with Gasteiger partial charge in [0, 0.05) is 50.0 Å². The normalized spacial score (nSPS) is 17.8. The number of likely N-dealkylation sites (tertiary alicyclic amines) is 1. The lowest BCUT2D eigenvalue weighted by Crippen LogP contribution is -2.42. The van der Waals surface area contributed by atoms with E-state index in [0.29, 0.717) is 43.1 Å². The maximum absolute atomic E-state index is 14.2. The van der Waals surface area contributed by atoms with Gasteiger partial charge in [0.1, 0.15) is 18.1 Å². The average molecular weight is 702 g/mol. The van der Waals surface area contributed by atoms with Crippen LogP contribution in [0.3, 0.4) is 0 Å². The number of benzene rings is 2. The molecular formula is C31H31F8N7O3. The summed E-state index contributed by atoms with van der Waals surface area (Å²) >= 11 is 0. The van der Waals surface area contributed by atoms with Crippen molar-refractivity contribution in [2.45, 2.75) is 37.5 Å². The first-order valence-electron chi connectivity index (χ1n) is 14.8. The second-order valence-corrected chi connectivity index (χ2v) is 11.3. The van der Waals surface area contributed by atoms with E-state index in [4.69, 9.17) is 4.74 Å². The standard InChI is InChI=1S/C31H31F8N7O3/c1-18-26(20-13-40-45(14-20)28(31(37,38)39)49-17-30(34,35)36)43-46(21-6-4-3-5-7-21)27(18)42-29(47)41-25-16-44(10-11-48-2)15-22(25)19-8-9-23(32)24(33)12-19/h3-9,12-14,22,25,28H,10-11,15-17H2,1-2H3,(H2,41,42,47)/t22-,25+,28?/m0/s1. The Balaban J connectivity index is 1.43. The minimum Gasteiger partial charge on any atom is -0.383 e. The van der Waals surface area contributed by atoms with Gasteiger partial charge in [0.05, 0.1) is 24.5 Å². The first kappa shape index (κ1) is 35.7. The van der Waals surface area contributed by atoms with Crippen LogP contribution in [0.15, 0.2) is 60.9 Å². The largest absolute Gasteiger partial charge is 0.435 e. The summed E-state index contributed by atoms with van der Waals surface area (Å²) in [5, 5.41) is 13.8. The third-order valence-electron chi connectivity index (χ3n) is 7.85. The lowest BCUT2D eigenvalue weighted by Gasteiger charge is -2.21. The molecule has 2 aromatic heterocycles. The van der Waals surface area contributed by atoms with Gasteiger partial charge in [-0.2, -0.15) is 36.5 Å². The third kappa shape index (κ3) is 8.55. The van der Waals surface area contributed by atoms with Crippen molar-refractivity contribution in [2.75, 3.05) is 45.3 Å². The van der Waals surface area contributed by atoms with Crippen molar-refractivity contribution in [1.82, 2.24) is 29.8 Å². The lowest BCUT2D eigenvalue weighted by molar-refractivity contribution is -0.281. The van der Waals surface area contributed by atoms with E-state index in [9.17, 15) is 39.9 Å². The van der Waals surface area contributed by atoms with Crippen LogP contribution in [0.1, 0.15) is 23.3 Å². The van der Waals surface area contributed by atoms with Crippen molar-refractivity contribution in [3.63, 3.8) is 0 Å². The summed E-state index contributed by atoms with van der Waals surface area (Å²) in [6.07, 6.45) is -11.4. The van der Waals surface area contributed by atoms with E-state index in [1.165, 1.54) is 10.7 Å². The van der Waals surface area contributed by atoms with Crippen LogP contribution in [-0.2, 0) is 9.47 Å². The summed E-state index contributed by atoms with van der Waals surface area (Å²) in [6, 6.07) is 10.8. The molecule has 5 rings (SSSR count). The number of rotatable bonds is 11. The maximum atomic E-state index is 14.2. The van der Waals surface area contributed by atoms with Crippen LogP contribution < -0.4 is 10.6 Å². The van der Waals surface area contributed by atoms with E-state index >= 15 is 0 Å². The molecule has 49 heavy (non-hydrogen) atoms. The Bertz CT molecular complexity index is 1740. The first-order chi connectivity index (χ1) is 23.1. The molecular weight excluding hydrogens is 670 g/mol. The second-order valence-electron chi connectivity index (χ2n) is 11.3. The number of para-hydroxylation sites is 1. The van der Waals surface area contributed by atoms with Crippen LogP contribution >= 0.6 is 0 Å². The number of alkyl halides is 6. The highest BCUT2D eigenvalue weighted by Crippen LogP contribution is 2.36. The number of urea groups is 1. The number of ether oxygens (including phenoxy) is 2. The number of aromatic nitrogens is 4. The van der Waals surface area contributed by atoms with Gasteiger partial charge in [-0.15, -0.1) is 0 Å². The molecule has 264 valence electrons. The van der Waals surface area contributed by atoms with Gasteiger partial charge in [0.2, 0.25) is 6.23 Å². The summed E-state index contributed by atoms with van der Waals surface area (Å²) in [5.74, 6) is -2.32. The van der Waals surface area contributed by atoms with E-state index in [2.05, 4.69) is 25.6 Å². The molecule has 1 aliphatic heterocycles. The Hall–Kier alpha value is -4.55. The zero-order valence-electron chi connectivity index (χ0n) is 26.0. The molecule has 3 atom stereocenters. The highest BCUT2D eigenvalue weighted by Gasteiger charge is 2.45. The Morgan fingerprint density at radius 1 is 1.04 bits per heavy atom. The summed E-state index contributed by atoms with van der Waals surface area (Å²) in [5.41, 5.74) is 1.32. The van der Waals surface area contributed by atoms with Gasteiger partial charge in [-0.3, -0.25) is 10.2 Å². The van der Waals surface area contributed by atoms with Crippen LogP contribution in [0.2, 0.25) is 0 Å². The molecule has 3 heterocycles. The quantitative estimate of drug-likeness (QED) is 0.181. The van der Waals surface area contributed by atoms with Gasteiger partial charge >= 0.3 is 18.4 Å². The molecule has 0 saturated carbocycles. The summed E-state index contributed by atoms with van der Waals surface area (Å²) < 4.78 is 118. The number of hydrogen-bond donors (Lipinski definition) is 2. The van der Waals surface area contributed by atoms with Crippen molar-refractivity contribution >= 4 is 11.8 Å².